The predicted molar refractivity (Wildman–Crippen MR) is 115 cm³/mol. The van der Waals surface area contributed by atoms with E-state index in [2.05, 4.69) is 46.0 Å². The molecule has 2 aromatic carbocycles. The number of aromatic nitrogens is 1. The zero-order valence-corrected chi connectivity index (χ0v) is 17.7. The highest BCUT2D eigenvalue weighted by Gasteiger charge is 2.53. The summed E-state index contributed by atoms with van der Waals surface area (Å²) in [4.78, 5) is 20.5. The first-order chi connectivity index (χ1) is 12.7. The van der Waals surface area contributed by atoms with Crippen LogP contribution in [0.5, 0.6) is 0 Å². The van der Waals surface area contributed by atoms with Crippen molar-refractivity contribution < 1.29 is 4.79 Å². The number of rotatable bonds is 2. The van der Waals surface area contributed by atoms with E-state index in [1.54, 1.807) is 0 Å². The molecule has 1 unspecified atom stereocenters. The number of hydrogen-bond acceptors (Lipinski definition) is 2. The summed E-state index contributed by atoms with van der Waals surface area (Å²) >= 11 is 0. The Balaban J connectivity index is 1.99. The van der Waals surface area contributed by atoms with E-state index in [9.17, 15) is 4.79 Å². The molecule has 0 N–H and O–H groups in total. The molecular weight excluding hydrogens is 348 g/mol. The maximum absolute atomic E-state index is 13.8. The first-order valence-corrected chi connectivity index (χ1v) is 12.6. The first kappa shape index (κ1) is 17.9. The lowest BCUT2D eigenvalue weighted by Gasteiger charge is -2.41. The van der Waals surface area contributed by atoms with Crippen LogP contribution >= 0.6 is 0 Å². The van der Waals surface area contributed by atoms with Gasteiger partial charge in [0.25, 0.3) is 0 Å². The van der Waals surface area contributed by atoms with Gasteiger partial charge in [-0.2, -0.15) is 0 Å². The lowest BCUT2D eigenvalue weighted by molar-refractivity contribution is -0.117. The van der Waals surface area contributed by atoms with Crippen molar-refractivity contribution in [3.05, 3.63) is 66.2 Å². The predicted octanol–water partition coefficient (Wildman–Crippen LogP) is 6.04. The van der Waals surface area contributed by atoms with Gasteiger partial charge in [-0.15, -0.1) is 0 Å². The number of benzene rings is 2. The van der Waals surface area contributed by atoms with Crippen LogP contribution in [-0.2, 0) is 4.79 Å². The van der Waals surface area contributed by atoms with E-state index in [-0.39, 0.29) is 16.5 Å². The van der Waals surface area contributed by atoms with Crippen LogP contribution in [0.15, 0.2) is 60.7 Å². The minimum atomic E-state index is -1.98. The van der Waals surface area contributed by atoms with Gasteiger partial charge >= 0.3 is 0 Å². The summed E-state index contributed by atoms with van der Waals surface area (Å²) in [5, 5.41) is 1.20. The summed E-state index contributed by atoms with van der Waals surface area (Å²) in [5.74, 6) is 0.977. The summed E-state index contributed by atoms with van der Waals surface area (Å²) in [7, 11) is -1.98. The van der Waals surface area contributed by atoms with Gasteiger partial charge in [-0.3, -0.25) is 9.69 Å². The Morgan fingerprint density at radius 2 is 1.59 bits per heavy atom. The highest BCUT2D eigenvalue weighted by atomic mass is 28.3. The highest BCUT2D eigenvalue weighted by molar-refractivity contribution is 6.84. The highest BCUT2D eigenvalue weighted by Crippen LogP contribution is 2.52. The number of para-hydroxylation sites is 2. The van der Waals surface area contributed by atoms with Gasteiger partial charge in [-0.25, -0.2) is 4.98 Å². The van der Waals surface area contributed by atoms with Gasteiger partial charge in [0.15, 0.2) is 0 Å². The topological polar surface area (TPSA) is 33.2 Å². The monoisotopic (exact) mass is 374 g/mol. The fourth-order valence-corrected chi connectivity index (χ4v) is 6.44. The Bertz CT molecular complexity index is 1020. The number of carbonyl (C=O) groups excluding carboxylic acids is 1. The van der Waals surface area contributed by atoms with E-state index < -0.39 is 8.07 Å². The average molecular weight is 375 g/mol. The summed E-state index contributed by atoms with van der Waals surface area (Å²) in [5.41, 5.74) is 2.83. The Morgan fingerprint density at radius 1 is 0.963 bits per heavy atom. The molecule has 0 aliphatic carbocycles. The van der Waals surface area contributed by atoms with Crippen molar-refractivity contribution in [3.63, 3.8) is 0 Å². The molecular formula is C23H26N2OSi. The van der Waals surface area contributed by atoms with E-state index in [1.165, 1.54) is 0 Å². The van der Waals surface area contributed by atoms with E-state index in [0.717, 1.165) is 28.0 Å². The summed E-state index contributed by atoms with van der Waals surface area (Å²) < 4.78 is 0. The minimum absolute atomic E-state index is 0.0928. The van der Waals surface area contributed by atoms with E-state index in [4.69, 9.17) is 4.98 Å². The molecule has 3 aromatic rings. The lowest BCUT2D eigenvalue weighted by atomic mass is 10.1. The molecule has 1 aromatic heterocycles. The maximum atomic E-state index is 13.8. The lowest BCUT2D eigenvalue weighted by Crippen LogP contribution is -2.47. The number of amides is 1. The van der Waals surface area contributed by atoms with Crippen LogP contribution in [-0.4, -0.2) is 19.0 Å². The quantitative estimate of drug-likeness (QED) is 0.512. The number of carbonyl (C=O) groups is 1. The van der Waals surface area contributed by atoms with Crippen molar-refractivity contribution >= 4 is 36.4 Å². The Hall–Kier alpha value is -2.46. The van der Waals surface area contributed by atoms with Crippen molar-refractivity contribution in [3.8, 4) is 0 Å². The smallest absolute Gasteiger partial charge is 0.237 e. The molecule has 1 atom stereocenters. The minimum Gasteiger partial charge on any atom is -0.274 e. The van der Waals surface area contributed by atoms with Crippen molar-refractivity contribution in [2.75, 3.05) is 4.90 Å². The zero-order chi connectivity index (χ0) is 19.4. The fourth-order valence-electron chi connectivity index (χ4n) is 3.84. The van der Waals surface area contributed by atoms with Gasteiger partial charge in [0.05, 0.1) is 24.8 Å². The molecule has 2 heterocycles. The molecule has 138 valence electrons. The second-order valence-electron chi connectivity index (χ2n) is 9.01. The van der Waals surface area contributed by atoms with Crippen LogP contribution in [0.2, 0.25) is 18.1 Å². The van der Waals surface area contributed by atoms with Crippen molar-refractivity contribution in [1.82, 2.24) is 4.98 Å². The van der Waals surface area contributed by atoms with Crippen LogP contribution in [0.1, 0.15) is 31.9 Å². The van der Waals surface area contributed by atoms with Crippen molar-refractivity contribution in [2.45, 2.75) is 44.4 Å². The third-order valence-electron chi connectivity index (χ3n) is 6.39. The molecule has 1 aliphatic heterocycles. The van der Waals surface area contributed by atoms with Gasteiger partial charge in [0, 0.05) is 10.9 Å². The molecule has 1 aliphatic rings. The Morgan fingerprint density at radius 3 is 2.26 bits per heavy atom. The van der Waals surface area contributed by atoms with Crippen LogP contribution in [0, 0.1) is 0 Å². The molecule has 27 heavy (non-hydrogen) atoms. The third kappa shape index (κ3) is 2.70. The number of fused-ring (bicyclic) bond motifs is 2. The van der Waals surface area contributed by atoms with Gasteiger partial charge in [0.2, 0.25) is 5.91 Å². The Kier molecular flexibility index (Phi) is 4.00. The van der Waals surface area contributed by atoms with Crippen molar-refractivity contribution in [2.24, 2.45) is 0 Å². The molecule has 4 rings (SSSR count). The Labute approximate surface area is 162 Å². The molecule has 0 saturated heterocycles. The molecule has 0 spiro atoms. The van der Waals surface area contributed by atoms with Gasteiger partial charge in [0.1, 0.15) is 5.82 Å². The van der Waals surface area contributed by atoms with Crippen LogP contribution < -0.4 is 4.90 Å². The normalized spacial score (nSPS) is 17.4. The second-order valence-corrected chi connectivity index (χ2v) is 14.5. The SMILES string of the molecule is CC(C)(C)[Si](C)(C)C1C(=O)N(c2ccccc2)c2nc3ccccc3cc21. The molecule has 3 nitrogen and oxygen atoms in total. The molecule has 0 saturated carbocycles. The zero-order valence-electron chi connectivity index (χ0n) is 16.7. The van der Waals surface area contributed by atoms with Gasteiger partial charge in [-0.05, 0) is 29.3 Å². The number of pyridine rings is 1. The number of nitrogens with zero attached hydrogens (tertiary/aromatic N) is 2. The second kappa shape index (κ2) is 6.03. The van der Waals surface area contributed by atoms with Crippen LogP contribution in [0.4, 0.5) is 11.5 Å². The fraction of sp³-hybridized carbons (Fsp3) is 0.304. The van der Waals surface area contributed by atoms with Crippen LogP contribution in [0.3, 0.4) is 0 Å². The molecule has 0 radical (unpaired) electrons. The van der Waals surface area contributed by atoms with E-state index in [1.807, 2.05) is 53.4 Å². The standard InChI is InChI=1S/C23H26N2OSi/c1-23(2,3)27(4,5)20-18-15-16-11-9-10-14-19(16)24-21(18)25(22(20)26)17-12-7-6-8-13-17/h6-15,20H,1-5H3. The molecule has 0 bridgehead atoms. The first-order valence-electron chi connectivity index (χ1n) is 9.50. The summed E-state index contributed by atoms with van der Waals surface area (Å²) in [6.45, 7) is 11.5. The van der Waals surface area contributed by atoms with Gasteiger partial charge < -0.3 is 0 Å². The molecule has 4 heteroatoms. The van der Waals surface area contributed by atoms with Crippen LogP contribution in [0.25, 0.3) is 10.9 Å². The number of anilines is 2. The van der Waals surface area contributed by atoms with Gasteiger partial charge in [-0.1, -0.05) is 70.3 Å². The van der Waals surface area contributed by atoms with Crippen molar-refractivity contribution in [1.29, 1.82) is 0 Å². The third-order valence-corrected chi connectivity index (χ3v) is 12.3. The maximum Gasteiger partial charge on any atom is 0.237 e. The largest absolute Gasteiger partial charge is 0.274 e. The van der Waals surface area contributed by atoms with E-state index in [0.29, 0.717) is 0 Å². The summed E-state index contributed by atoms with van der Waals surface area (Å²) in [6, 6.07) is 20.2. The molecule has 1 amide bonds. The van der Waals surface area contributed by atoms with E-state index >= 15 is 0 Å². The average Bonchev–Trinajstić information content (AvgIpc) is 2.90. The molecule has 0 fully saturated rings. The summed E-state index contributed by atoms with van der Waals surface area (Å²) in [6.07, 6.45) is 0. The number of hydrogen-bond donors (Lipinski definition) is 0.